The maximum absolute atomic E-state index is 12.5. The first-order chi connectivity index (χ1) is 11.5. The average molecular weight is 324 g/mol. The molecule has 3 aromatic rings. The Morgan fingerprint density at radius 2 is 2.04 bits per heavy atom. The van der Waals surface area contributed by atoms with Gasteiger partial charge in [-0.3, -0.25) is 9.48 Å². The lowest BCUT2D eigenvalue weighted by Gasteiger charge is -2.12. The molecule has 1 aromatic carbocycles. The molecule has 0 saturated heterocycles. The van der Waals surface area contributed by atoms with Crippen LogP contribution in [0.4, 0.5) is 5.69 Å². The summed E-state index contributed by atoms with van der Waals surface area (Å²) in [5.41, 5.74) is 3.49. The average Bonchev–Trinajstić information content (AvgIpc) is 3.18. The lowest BCUT2D eigenvalue weighted by Crippen LogP contribution is -2.19. The number of nitrogens with one attached hydrogen (secondary N) is 1. The molecule has 0 aliphatic carbocycles. The molecular weight excluding hydrogens is 304 g/mol. The lowest BCUT2D eigenvalue weighted by atomic mass is 9.98. The van der Waals surface area contributed by atoms with E-state index in [0.29, 0.717) is 12.3 Å². The molecule has 0 aliphatic heterocycles. The maximum atomic E-state index is 12.5. The van der Waals surface area contributed by atoms with Crippen molar-refractivity contribution >= 4 is 11.6 Å². The van der Waals surface area contributed by atoms with Crippen molar-refractivity contribution in [3.05, 3.63) is 65.3 Å². The molecule has 6 heteroatoms. The Balaban J connectivity index is 1.66. The number of aromatic nitrogens is 3. The molecule has 124 valence electrons. The van der Waals surface area contributed by atoms with Crippen LogP contribution in [0, 0.1) is 13.8 Å². The highest BCUT2D eigenvalue weighted by Gasteiger charge is 2.22. The minimum absolute atomic E-state index is 0.0794. The second-order valence-electron chi connectivity index (χ2n) is 5.85. The van der Waals surface area contributed by atoms with Crippen LogP contribution in [-0.4, -0.2) is 20.8 Å². The van der Waals surface area contributed by atoms with E-state index in [9.17, 15) is 4.79 Å². The number of benzene rings is 1. The third-order valence-corrected chi connectivity index (χ3v) is 4.04. The van der Waals surface area contributed by atoms with Crippen molar-refractivity contribution in [1.29, 1.82) is 0 Å². The van der Waals surface area contributed by atoms with Crippen LogP contribution in [0.5, 0.6) is 0 Å². The summed E-state index contributed by atoms with van der Waals surface area (Å²) in [6, 6.07) is 9.66. The van der Waals surface area contributed by atoms with Crippen LogP contribution in [0.15, 0.2) is 47.2 Å². The summed E-state index contributed by atoms with van der Waals surface area (Å²) in [6.45, 7) is 6.23. The van der Waals surface area contributed by atoms with E-state index in [1.807, 2.05) is 62.0 Å². The summed E-state index contributed by atoms with van der Waals surface area (Å²) >= 11 is 0. The Kier molecular flexibility index (Phi) is 4.46. The zero-order chi connectivity index (χ0) is 17.1. The van der Waals surface area contributed by atoms with Crippen molar-refractivity contribution < 1.29 is 9.32 Å². The number of carbonyl (C=O) groups is 1. The first-order valence-electron chi connectivity index (χ1n) is 7.84. The number of anilines is 1. The number of carbonyl (C=O) groups excluding carboxylic acids is 1. The van der Waals surface area contributed by atoms with Crippen LogP contribution in [0.25, 0.3) is 0 Å². The fourth-order valence-corrected chi connectivity index (χ4v) is 2.76. The van der Waals surface area contributed by atoms with Crippen molar-refractivity contribution in [2.75, 3.05) is 5.32 Å². The topological polar surface area (TPSA) is 73.0 Å². The quantitative estimate of drug-likeness (QED) is 0.781. The van der Waals surface area contributed by atoms with Gasteiger partial charge >= 0.3 is 0 Å². The second kappa shape index (κ2) is 6.70. The summed E-state index contributed by atoms with van der Waals surface area (Å²) in [5, 5.41) is 11.0. The number of hydrogen-bond acceptors (Lipinski definition) is 4. The standard InChI is InChI=1S/C18H20N4O2/c1-12(17-13(2)21-24-14(17)3)18(23)20-16-7-5-15(6-8-16)11-22-10-4-9-19-22/h4-10,12H,11H2,1-3H3,(H,20,23)/t12-/m1/s1. The van der Waals surface area contributed by atoms with Gasteiger partial charge in [0.25, 0.3) is 0 Å². The van der Waals surface area contributed by atoms with Gasteiger partial charge in [-0.1, -0.05) is 17.3 Å². The normalized spacial score (nSPS) is 12.1. The monoisotopic (exact) mass is 324 g/mol. The number of amides is 1. The summed E-state index contributed by atoms with van der Waals surface area (Å²) in [7, 11) is 0. The smallest absolute Gasteiger partial charge is 0.231 e. The molecule has 0 spiro atoms. The molecule has 0 unspecified atom stereocenters. The summed E-state index contributed by atoms with van der Waals surface area (Å²) < 4.78 is 7.00. The fourth-order valence-electron chi connectivity index (χ4n) is 2.76. The van der Waals surface area contributed by atoms with Crippen LogP contribution >= 0.6 is 0 Å². The van der Waals surface area contributed by atoms with Crippen LogP contribution in [0.3, 0.4) is 0 Å². The van der Waals surface area contributed by atoms with Crippen LogP contribution in [-0.2, 0) is 11.3 Å². The second-order valence-corrected chi connectivity index (χ2v) is 5.85. The minimum Gasteiger partial charge on any atom is -0.361 e. The molecule has 1 N–H and O–H groups in total. The molecule has 1 amide bonds. The number of rotatable bonds is 5. The van der Waals surface area contributed by atoms with Crippen molar-refractivity contribution in [2.45, 2.75) is 33.2 Å². The first-order valence-corrected chi connectivity index (χ1v) is 7.84. The van der Waals surface area contributed by atoms with Gasteiger partial charge in [0.1, 0.15) is 5.76 Å². The highest BCUT2D eigenvalue weighted by atomic mass is 16.5. The zero-order valence-corrected chi connectivity index (χ0v) is 14.0. The van der Waals surface area contributed by atoms with E-state index in [-0.39, 0.29) is 11.8 Å². The largest absolute Gasteiger partial charge is 0.361 e. The van der Waals surface area contributed by atoms with Gasteiger partial charge in [-0.15, -0.1) is 0 Å². The van der Waals surface area contributed by atoms with E-state index < -0.39 is 0 Å². The van der Waals surface area contributed by atoms with E-state index in [1.54, 1.807) is 6.20 Å². The highest BCUT2D eigenvalue weighted by Crippen LogP contribution is 2.24. The van der Waals surface area contributed by atoms with Gasteiger partial charge in [-0.05, 0) is 44.5 Å². The number of aryl methyl sites for hydroxylation is 2. The molecule has 0 radical (unpaired) electrons. The van der Waals surface area contributed by atoms with Gasteiger partial charge in [0, 0.05) is 23.6 Å². The molecule has 0 bridgehead atoms. The maximum Gasteiger partial charge on any atom is 0.231 e. The molecule has 1 atom stereocenters. The van der Waals surface area contributed by atoms with Crippen molar-refractivity contribution in [2.24, 2.45) is 0 Å². The van der Waals surface area contributed by atoms with Crippen molar-refractivity contribution in [3.63, 3.8) is 0 Å². The molecule has 24 heavy (non-hydrogen) atoms. The third kappa shape index (κ3) is 3.37. The summed E-state index contributed by atoms with van der Waals surface area (Å²) in [6.07, 6.45) is 3.67. The van der Waals surface area contributed by atoms with E-state index >= 15 is 0 Å². The van der Waals surface area contributed by atoms with Gasteiger partial charge < -0.3 is 9.84 Å². The minimum atomic E-state index is -0.319. The highest BCUT2D eigenvalue weighted by molar-refractivity contribution is 5.95. The number of hydrogen-bond donors (Lipinski definition) is 1. The lowest BCUT2D eigenvalue weighted by molar-refractivity contribution is -0.117. The Labute approximate surface area is 140 Å². The molecule has 0 aliphatic rings. The van der Waals surface area contributed by atoms with Gasteiger partial charge in [-0.25, -0.2) is 0 Å². The Morgan fingerprint density at radius 3 is 2.62 bits per heavy atom. The van der Waals surface area contributed by atoms with Crippen LogP contribution in [0.2, 0.25) is 0 Å². The SMILES string of the molecule is Cc1noc(C)c1[C@@H](C)C(=O)Nc1ccc(Cn2cccn2)cc1. The predicted molar refractivity (Wildman–Crippen MR) is 90.8 cm³/mol. The van der Waals surface area contributed by atoms with Crippen molar-refractivity contribution in [3.8, 4) is 0 Å². The van der Waals surface area contributed by atoms with Gasteiger partial charge in [0.2, 0.25) is 5.91 Å². The first kappa shape index (κ1) is 16.0. The summed E-state index contributed by atoms with van der Waals surface area (Å²) in [5.74, 6) is 0.286. The van der Waals surface area contributed by atoms with E-state index in [2.05, 4.69) is 15.6 Å². The zero-order valence-electron chi connectivity index (χ0n) is 14.0. The predicted octanol–water partition coefficient (Wildman–Crippen LogP) is 3.28. The molecule has 3 rings (SSSR count). The molecule has 6 nitrogen and oxygen atoms in total. The van der Waals surface area contributed by atoms with Gasteiger partial charge in [-0.2, -0.15) is 5.10 Å². The Bertz CT molecular complexity index is 800. The van der Waals surface area contributed by atoms with Crippen LogP contribution in [0.1, 0.15) is 35.4 Å². The molecule has 0 saturated carbocycles. The Hall–Kier alpha value is -2.89. The molecule has 2 aromatic heterocycles. The molecule has 0 fully saturated rings. The van der Waals surface area contributed by atoms with E-state index in [0.717, 1.165) is 22.5 Å². The van der Waals surface area contributed by atoms with E-state index in [1.165, 1.54) is 0 Å². The summed E-state index contributed by atoms with van der Waals surface area (Å²) in [4.78, 5) is 12.5. The molecule has 2 heterocycles. The van der Waals surface area contributed by atoms with Gasteiger partial charge in [0.05, 0.1) is 18.2 Å². The van der Waals surface area contributed by atoms with E-state index in [4.69, 9.17) is 4.52 Å². The van der Waals surface area contributed by atoms with Crippen molar-refractivity contribution in [1.82, 2.24) is 14.9 Å². The molecular formula is C18H20N4O2. The van der Waals surface area contributed by atoms with Crippen LogP contribution < -0.4 is 5.32 Å². The van der Waals surface area contributed by atoms with Gasteiger partial charge in [0.15, 0.2) is 0 Å². The third-order valence-electron chi connectivity index (χ3n) is 4.04. The Morgan fingerprint density at radius 1 is 1.29 bits per heavy atom. The number of nitrogens with zero attached hydrogens (tertiary/aromatic N) is 3. The fraction of sp³-hybridized carbons (Fsp3) is 0.278.